The lowest BCUT2D eigenvalue weighted by Gasteiger charge is -2.32. The highest BCUT2D eigenvalue weighted by molar-refractivity contribution is 5.41. The van der Waals surface area contributed by atoms with Crippen molar-refractivity contribution in [2.24, 2.45) is 5.92 Å². The molecule has 2 aliphatic carbocycles. The number of nitrogens with zero attached hydrogens (tertiary/aromatic N) is 1. The second kappa shape index (κ2) is 13.7. The van der Waals surface area contributed by atoms with Gasteiger partial charge < -0.3 is 0 Å². The molecule has 5 rings (SSSR count). The summed E-state index contributed by atoms with van der Waals surface area (Å²) in [6.07, 6.45) is 5.95. The summed E-state index contributed by atoms with van der Waals surface area (Å²) in [5.74, 6) is -8.06. The predicted molar refractivity (Wildman–Crippen MR) is 155 cm³/mol. The average Bonchev–Trinajstić information content (AvgIpc) is 3.03. The van der Waals surface area contributed by atoms with E-state index in [1.807, 2.05) is 6.92 Å². The summed E-state index contributed by atoms with van der Waals surface area (Å²) >= 11 is 0. The number of unbranched alkanes of at least 4 members (excludes halogenated alkanes) is 2. The highest BCUT2D eigenvalue weighted by Crippen LogP contribution is 2.45. The molecule has 0 aliphatic heterocycles. The summed E-state index contributed by atoms with van der Waals surface area (Å²) in [5, 5.41) is 8.92. The molecule has 1 saturated carbocycles. The third kappa shape index (κ3) is 6.25. The molecule has 3 aromatic rings. The molecule has 234 valence electrons. The number of hydrogen-bond donors (Lipinski definition) is 0. The topological polar surface area (TPSA) is 23.8 Å². The van der Waals surface area contributed by atoms with Crippen molar-refractivity contribution in [2.45, 2.75) is 102 Å². The van der Waals surface area contributed by atoms with Crippen molar-refractivity contribution >= 4 is 0 Å². The first-order chi connectivity index (χ1) is 21.2. The van der Waals surface area contributed by atoms with Gasteiger partial charge in [0.2, 0.25) is 0 Å². The van der Waals surface area contributed by atoms with Gasteiger partial charge in [-0.15, -0.1) is 0 Å². The number of fused-ring (bicyclic) bond motifs is 1. The van der Waals surface area contributed by atoms with Crippen LogP contribution in [0.4, 0.5) is 30.7 Å². The lowest BCUT2D eigenvalue weighted by molar-refractivity contribution is 0.348. The third-order valence-corrected chi connectivity index (χ3v) is 9.78. The fraction of sp³-hybridized carbons (Fsp3) is 0.472. The van der Waals surface area contributed by atoms with Crippen molar-refractivity contribution in [3.63, 3.8) is 0 Å². The number of benzene rings is 3. The van der Waals surface area contributed by atoms with Crippen LogP contribution >= 0.6 is 0 Å². The van der Waals surface area contributed by atoms with Crippen molar-refractivity contribution in [2.75, 3.05) is 0 Å². The van der Waals surface area contributed by atoms with Gasteiger partial charge in [-0.25, -0.2) is 30.7 Å². The van der Waals surface area contributed by atoms with E-state index in [-0.39, 0.29) is 77.3 Å². The Hall–Kier alpha value is -3.34. The van der Waals surface area contributed by atoms with Gasteiger partial charge in [0, 0.05) is 5.56 Å². The highest BCUT2D eigenvalue weighted by Gasteiger charge is 2.35. The average molecular weight is 616 g/mol. The molecule has 1 nitrogen and oxygen atoms in total. The minimum Gasteiger partial charge on any atom is -0.206 e. The van der Waals surface area contributed by atoms with Crippen molar-refractivity contribution in [1.82, 2.24) is 0 Å². The Kier molecular flexibility index (Phi) is 10.0. The molecule has 1 unspecified atom stereocenters. The molecule has 1 atom stereocenters. The number of rotatable bonds is 9. The second-order valence-electron chi connectivity index (χ2n) is 12.4. The van der Waals surface area contributed by atoms with Crippen molar-refractivity contribution in [3.8, 4) is 6.07 Å². The van der Waals surface area contributed by atoms with Crippen molar-refractivity contribution < 1.29 is 30.7 Å². The van der Waals surface area contributed by atoms with Crippen LogP contribution in [0.1, 0.15) is 115 Å². The molecule has 0 N–H and O–H groups in total. The molecule has 0 amide bonds. The van der Waals surface area contributed by atoms with Gasteiger partial charge in [0.1, 0.15) is 11.9 Å². The third-order valence-electron chi connectivity index (χ3n) is 9.78. The molecular formula is C36H36F7N. The maximum Gasteiger partial charge on any atom is 0.176 e. The predicted octanol–water partition coefficient (Wildman–Crippen LogP) is 10.4. The summed E-state index contributed by atoms with van der Waals surface area (Å²) in [7, 11) is 0. The molecule has 8 heteroatoms. The van der Waals surface area contributed by atoms with E-state index < -0.39 is 46.6 Å². The second-order valence-corrected chi connectivity index (χ2v) is 12.4. The van der Waals surface area contributed by atoms with Crippen LogP contribution in [-0.4, -0.2) is 0 Å². The molecule has 0 radical (unpaired) electrons. The minimum atomic E-state index is -1.20. The van der Waals surface area contributed by atoms with Crippen LogP contribution in [0.3, 0.4) is 0 Å². The maximum absolute atomic E-state index is 15.8. The first kappa shape index (κ1) is 32.1. The Morgan fingerprint density at radius 3 is 1.98 bits per heavy atom. The van der Waals surface area contributed by atoms with Gasteiger partial charge in [-0.05, 0) is 122 Å². The lowest BCUT2D eigenvalue weighted by atomic mass is 9.73. The summed E-state index contributed by atoms with van der Waals surface area (Å²) in [5.41, 5.74) is 0.269. The Morgan fingerprint density at radius 2 is 1.32 bits per heavy atom. The van der Waals surface area contributed by atoms with E-state index in [2.05, 4.69) is 0 Å². The first-order valence-corrected chi connectivity index (χ1v) is 15.7. The normalized spacial score (nSPS) is 19.9. The molecule has 44 heavy (non-hydrogen) atoms. The van der Waals surface area contributed by atoms with Crippen LogP contribution in [0, 0.1) is 58.0 Å². The zero-order valence-corrected chi connectivity index (χ0v) is 24.8. The molecule has 0 heterocycles. The Bertz CT molecular complexity index is 1570. The van der Waals surface area contributed by atoms with E-state index >= 15 is 13.2 Å². The molecule has 2 aliphatic rings. The van der Waals surface area contributed by atoms with Crippen LogP contribution in [0.15, 0.2) is 24.3 Å². The number of hydrogen-bond acceptors (Lipinski definition) is 1. The van der Waals surface area contributed by atoms with E-state index in [1.165, 1.54) is 12.1 Å². The maximum atomic E-state index is 15.8. The fourth-order valence-electron chi connectivity index (χ4n) is 7.19. The molecule has 3 aromatic carbocycles. The molecule has 1 fully saturated rings. The van der Waals surface area contributed by atoms with Crippen LogP contribution in [0.25, 0.3) is 0 Å². The van der Waals surface area contributed by atoms with Gasteiger partial charge in [-0.1, -0.05) is 38.0 Å². The summed E-state index contributed by atoms with van der Waals surface area (Å²) in [6.45, 7) is 2.04. The van der Waals surface area contributed by atoms with Crippen LogP contribution in [0.5, 0.6) is 0 Å². The zero-order valence-electron chi connectivity index (χ0n) is 24.8. The zero-order chi connectivity index (χ0) is 31.5. The SMILES string of the molecule is CCCCCc1ccc(CCC2CCc3c(F)c(C4CCC(c5ccc(C#N)c(F)c5F)CC4)c(F)c(F)c3C2)c(F)c1F. The quantitative estimate of drug-likeness (QED) is 0.134. The van der Waals surface area contributed by atoms with E-state index in [0.29, 0.717) is 37.7 Å². The van der Waals surface area contributed by atoms with Crippen LogP contribution < -0.4 is 0 Å². The van der Waals surface area contributed by atoms with Gasteiger partial charge in [-0.2, -0.15) is 5.26 Å². The highest BCUT2D eigenvalue weighted by atomic mass is 19.2. The van der Waals surface area contributed by atoms with Crippen LogP contribution in [0.2, 0.25) is 0 Å². The van der Waals surface area contributed by atoms with Gasteiger partial charge in [0.25, 0.3) is 0 Å². The number of nitriles is 1. The van der Waals surface area contributed by atoms with Crippen molar-refractivity contribution in [3.05, 3.63) is 104 Å². The van der Waals surface area contributed by atoms with E-state index in [1.54, 1.807) is 18.2 Å². The standard InChI is InChI=1S/C36H36F7N/c1-2-3-4-5-23-13-14-24(31(38)30(23)37)8-6-20-7-16-27-28(18-20)35(42)36(43)29(33(27)40)22-11-9-21(10-12-22)26-17-15-25(19-44)32(39)34(26)41/h13-15,17,20-22H,2-12,16,18H2,1H3. The smallest absolute Gasteiger partial charge is 0.176 e. The van der Waals surface area contributed by atoms with E-state index in [9.17, 15) is 17.6 Å². The fourth-order valence-corrected chi connectivity index (χ4v) is 7.19. The largest absolute Gasteiger partial charge is 0.206 e. The molecule has 0 saturated heterocycles. The number of aryl methyl sites for hydroxylation is 2. The van der Waals surface area contributed by atoms with E-state index in [0.717, 1.165) is 19.3 Å². The first-order valence-electron chi connectivity index (χ1n) is 15.7. The summed E-state index contributed by atoms with van der Waals surface area (Å²) < 4.78 is 105. The van der Waals surface area contributed by atoms with Gasteiger partial charge in [0.05, 0.1) is 5.56 Å². The lowest BCUT2D eigenvalue weighted by Crippen LogP contribution is -2.23. The van der Waals surface area contributed by atoms with Gasteiger partial charge in [0.15, 0.2) is 34.9 Å². The molecule has 0 bridgehead atoms. The Labute approximate surface area is 254 Å². The Balaban J connectivity index is 1.26. The van der Waals surface area contributed by atoms with Gasteiger partial charge in [-0.3, -0.25) is 0 Å². The minimum absolute atomic E-state index is 0.0155. The number of halogens is 7. The molecule has 0 spiro atoms. The van der Waals surface area contributed by atoms with E-state index in [4.69, 9.17) is 5.26 Å². The van der Waals surface area contributed by atoms with Crippen LogP contribution in [-0.2, 0) is 25.7 Å². The summed E-state index contributed by atoms with van der Waals surface area (Å²) in [4.78, 5) is 0. The summed E-state index contributed by atoms with van der Waals surface area (Å²) in [6, 6.07) is 7.44. The molecular weight excluding hydrogens is 579 g/mol. The van der Waals surface area contributed by atoms with Gasteiger partial charge >= 0.3 is 0 Å². The van der Waals surface area contributed by atoms with Crippen molar-refractivity contribution in [1.29, 1.82) is 5.26 Å². The Morgan fingerprint density at radius 1 is 0.659 bits per heavy atom. The monoisotopic (exact) mass is 615 g/mol. The molecule has 0 aromatic heterocycles.